The van der Waals surface area contributed by atoms with Crippen LogP contribution in [-0.2, 0) is 0 Å². The number of nitrogens with zero attached hydrogens (tertiary/aromatic N) is 1. The van der Waals surface area contributed by atoms with Crippen molar-refractivity contribution in [1.29, 1.82) is 0 Å². The number of rotatable bonds is 6. The van der Waals surface area contributed by atoms with Crippen molar-refractivity contribution in [3.63, 3.8) is 0 Å². The van der Waals surface area contributed by atoms with Crippen LogP contribution in [0, 0.1) is 13.8 Å². The highest BCUT2D eigenvalue weighted by atomic mass is 16.4. The maximum Gasteiger partial charge on any atom is 0.251 e. The Labute approximate surface area is 113 Å². The summed E-state index contributed by atoms with van der Waals surface area (Å²) in [5.41, 5.74) is 8.32. The minimum Gasteiger partial charge on any atom is -0.409 e. The molecule has 0 bridgehead atoms. The van der Waals surface area contributed by atoms with Crippen LogP contribution in [0.1, 0.15) is 40.7 Å². The molecule has 104 valence electrons. The van der Waals surface area contributed by atoms with Gasteiger partial charge in [0.05, 0.1) is 0 Å². The lowest BCUT2D eigenvalue weighted by atomic mass is 10.1. The lowest BCUT2D eigenvalue weighted by Gasteiger charge is -2.07. The van der Waals surface area contributed by atoms with E-state index in [4.69, 9.17) is 10.9 Å². The van der Waals surface area contributed by atoms with E-state index in [1.807, 2.05) is 32.0 Å². The molecule has 0 unspecified atom stereocenters. The third-order valence-electron chi connectivity index (χ3n) is 3.04. The smallest absolute Gasteiger partial charge is 0.251 e. The van der Waals surface area contributed by atoms with Crippen LogP contribution in [0.25, 0.3) is 0 Å². The molecule has 5 heteroatoms. The molecule has 1 aromatic rings. The summed E-state index contributed by atoms with van der Waals surface area (Å²) in [6.45, 7) is 4.59. The van der Waals surface area contributed by atoms with Gasteiger partial charge in [0.1, 0.15) is 5.84 Å². The number of carbonyl (C=O) groups excluding carboxylic acids is 1. The zero-order valence-corrected chi connectivity index (χ0v) is 11.4. The molecular weight excluding hydrogens is 242 g/mol. The number of carbonyl (C=O) groups is 1. The molecule has 0 radical (unpaired) electrons. The second kappa shape index (κ2) is 7.41. The number of aryl methyl sites for hydroxylation is 2. The quantitative estimate of drug-likeness (QED) is 0.241. The van der Waals surface area contributed by atoms with Crippen LogP contribution < -0.4 is 11.1 Å². The zero-order chi connectivity index (χ0) is 14.3. The van der Waals surface area contributed by atoms with E-state index in [9.17, 15) is 4.79 Å². The van der Waals surface area contributed by atoms with Crippen LogP contribution in [-0.4, -0.2) is 23.5 Å². The molecule has 19 heavy (non-hydrogen) atoms. The fourth-order valence-corrected chi connectivity index (χ4v) is 1.67. The van der Waals surface area contributed by atoms with Crippen LogP contribution in [0.4, 0.5) is 0 Å². The van der Waals surface area contributed by atoms with Gasteiger partial charge >= 0.3 is 0 Å². The van der Waals surface area contributed by atoms with Gasteiger partial charge in [-0.15, -0.1) is 0 Å². The number of nitrogens with one attached hydrogen (secondary N) is 1. The lowest BCUT2D eigenvalue weighted by Crippen LogP contribution is -2.24. The van der Waals surface area contributed by atoms with Gasteiger partial charge < -0.3 is 16.3 Å². The predicted octanol–water partition coefficient (Wildman–Crippen LogP) is 1.95. The highest BCUT2D eigenvalue weighted by Gasteiger charge is 2.05. The molecule has 1 rings (SSSR count). The van der Waals surface area contributed by atoms with Crippen LogP contribution in [0.3, 0.4) is 0 Å². The van der Waals surface area contributed by atoms with E-state index in [-0.39, 0.29) is 11.7 Å². The van der Waals surface area contributed by atoms with Gasteiger partial charge in [0.15, 0.2) is 0 Å². The number of amidine groups is 1. The average Bonchev–Trinajstić information content (AvgIpc) is 2.40. The third kappa shape index (κ3) is 4.99. The SMILES string of the molecule is Cc1ccc(C(=O)NCCCCC(N)=NO)cc1C. The zero-order valence-electron chi connectivity index (χ0n) is 11.4. The number of hydrogen-bond acceptors (Lipinski definition) is 3. The molecule has 0 atom stereocenters. The average molecular weight is 263 g/mol. The summed E-state index contributed by atoms with van der Waals surface area (Å²) < 4.78 is 0. The van der Waals surface area contributed by atoms with Crippen molar-refractivity contribution < 1.29 is 10.0 Å². The Morgan fingerprint density at radius 1 is 1.32 bits per heavy atom. The number of benzene rings is 1. The summed E-state index contributed by atoms with van der Waals surface area (Å²) in [6.07, 6.45) is 2.12. The summed E-state index contributed by atoms with van der Waals surface area (Å²) in [5, 5.41) is 14.1. The van der Waals surface area contributed by atoms with E-state index in [0.717, 1.165) is 18.4 Å². The normalized spacial score (nSPS) is 11.4. The molecular formula is C14H21N3O2. The standard InChI is InChI=1S/C14H21N3O2/c1-10-6-7-12(9-11(10)2)14(18)16-8-4-3-5-13(15)17-19/h6-7,9,19H,3-5,8H2,1-2H3,(H2,15,17)(H,16,18). The van der Waals surface area contributed by atoms with Gasteiger partial charge in [-0.25, -0.2) is 0 Å². The molecule has 0 aliphatic rings. The molecule has 0 saturated heterocycles. The molecule has 1 amide bonds. The van der Waals surface area contributed by atoms with Gasteiger partial charge in [-0.05, 0) is 49.9 Å². The fourth-order valence-electron chi connectivity index (χ4n) is 1.67. The highest BCUT2D eigenvalue weighted by molar-refractivity contribution is 5.94. The number of oxime groups is 1. The van der Waals surface area contributed by atoms with Crippen LogP contribution >= 0.6 is 0 Å². The summed E-state index contributed by atoms with van der Waals surface area (Å²) in [5.74, 6) is 0.160. The molecule has 5 nitrogen and oxygen atoms in total. The van der Waals surface area contributed by atoms with E-state index in [2.05, 4.69) is 10.5 Å². The maximum absolute atomic E-state index is 11.9. The van der Waals surface area contributed by atoms with E-state index >= 15 is 0 Å². The monoisotopic (exact) mass is 263 g/mol. The number of amides is 1. The second-order valence-corrected chi connectivity index (χ2v) is 4.60. The Morgan fingerprint density at radius 3 is 2.68 bits per heavy atom. The molecule has 0 aliphatic carbocycles. The largest absolute Gasteiger partial charge is 0.409 e. The van der Waals surface area contributed by atoms with Gasteiger partial charge in [0, 0.05) is 18.5 Å². The Hall–Kier alpha value is -2.04. The highest BCUT2D eigenvalue weighted by Crippen LogP contribution is 2.09. The molecule has 0 heterocycles. The maximum atomic E-state index is 11.9. The Bertz CT molecular complexity index is 470. The van der Waals surface area contributed by atoms with Crippen molar-refractivity contribution in [2.45, 2.75) is 33.1 Å². The van der Waals surface area contributed by atoms with E-state index in [1.54, 1.807) is 0 Å². The topological polar surface area (TPSA) is 87.7 Å². The second-order valence-electron chi connectivity index (χ2n) is 4.60. The van der Waals surface area contributed by atoms with Crippen LogP contribution in [0.5, 0.6) is 0 Å². The van der Waals surface area contributed by atoms with E-state index < -0.39 is 0 Å². The number of unbranched alkanes of at least 4 members (excludes halogenated alkanes) is 1. The molecule has 1 aromatic carbocycles. The van der Waals surface area contributed by atoms with Crippen LogP contribution in [0.15, 0.2) is 23.4 Å². The molecule has 4 N–H and O–H groups in total. The van der Waals surface area contributed by atoms with Gasteiger partial charge in [-0.2, -0.15) is 0 Å². The first-order chi connectivity index (χ1) is 9.04. The van der Waals surface area contributed by atoms with Crippen molar-refractivity contribution >= 4 is 11.7 Å². The van der Waals surface area contributed by atoms with Crippen molar-refractivity contribution in [2.75, 3.05) is 6.54 Å². The van der Waals surface area contributed by atoms with Gasteiger partial charge in [-0.1, -0.05) is 11.2 Å². The fraction of sp³-hybridized carbons (Fsp3) is 0.429. The van der Waals surface area contributed by atoms with Crippen LogP contribution in [0.2, 0.25) is 0 Å². The van der Waals surface area contributed by atoms with E-state index in [1.165, 1.54) is 5.56 Å². The van der Waals surface area contributed by atoms with Gasteiger partial charge in [-0.3, -0.25) is 4.79 Å². The first kappa shape index (κ1) is 15.0. The molecule has 0 aromatic heterocycles. The Balaban J connectivity index is 2.33. The molecule has 0 fully saturated rings. The first-order valence-corrected chi connectivity index (χ1v) is 6.36. The summed E-state index contributed by atoms with van der Waals surface area (Å²) in [6, 6.07) is 5.66. The summed E-state index contributed by atoms with van der Waals surface area (Å²) >= 11 is 0. The van der Waals surface area contributed by atoms with Gasteiger partial charge in [0.25, 0.3) is 5.91 Å². The summed E-state index contributed by atoms with van der Waals surface area (Å²) in [7, 11) is 0. The number of hydrogen-bond donors (Lipinski definition) is 3. The van der Waals surface area contributed by atoms with Crippen molar-refractivity contribution in [3.8, 4) is 0 Å². The summed E-state index contributed by atoms with van der Waals surface area (Å²) in [4.78, 5) is 11.9. The Morgan fingerprint density at radius 2 is 2.05 bits per heavy atom. The Kier molecular flexibility index (Phi) is 5.85. The third-order valence-corrected chi connectivity index (χ3v) is 3.04. The minimum atomic E-state index is -0.0631. The molecule has 0 aliphatic heterocycles. The molecule has 0 saturated carbocycles. The van der Waals surface area contributed by atoms with Crippen molar-refractivity contribution in [1.82, 2.24) is 5.32 Å². The number of nitrogens with two attached hydrogens (primary N) is 1. The van der Waals surface area contributed by atoms with Gasteiger partial charge in [0.2, 0.25) is 0 Å². The predicted molar refractivity (Wildman–Crippen MR) is 75.5 cm³/mol. The molecule has 0 spiro atoms. The van der Waals surface area contributed by atoms with Crippen molar-refractivity contribution in [3.05, 3.63) is 34.9 Å². The lowest BCUT2D eigenvalue weighted by molar-refractivity contribution is 0.0953. The van der Waals surface area contributed by atoms with Crippen molar-refractivity contribution in [2.24, 2.45) is 10.9 Å². The van der Waals surface area contributed by atoms with E-state index in [0.29, 0.717) is 18.5 Å². The minimum absolute atomic E-state index is 0.0631. The first-order valence-electron chi connectivity index (χ1n) is 6.36.